The summed E-state index contributed by atoms with van der Waals surface area (Å²) in [5.74, 6) is -0.0743. The molecule has 1 heterocycles. The number of alkyl halides is 2. The third kappa shape index (κ3) is 8.69. The van der Waals surface area contributed by atoms with Gasteiger partial charge in [-0.15, -0.1) is 0 Å². The highest BCUT2D eigenvalue weighted by molar-refractivity contribution is 6.35. The Morgan fingerprint density at radius 3 is 2.28 bits per heavy atom. The molecule has 0 N–H and O–H groups in total. The van der Waals surface area contributed by atoms with E-state index in [-0.39, 0.29) is 57.3 Å². The number of aromatic nitrogens is 1. The predicted octanol–water partition coefficient (Wildman–Crippen LogP) is 7.87. The largest absolute Gasteiger partial charge is 0.619 e. The number of rotatable bonds is 14. The van der Waals surface area contributed by atoms with Crippen molar-refractivity contribution >= 4 is 34.9 Å². The zero-order valence-corrected chi connectivity index (χ0v) is 26.1. The topological polar surface area (TPSA) is 133 Å². The van der Waals surface area contributed by atoms with E-state index in [9.17, 15) is 28.9 Å². The van der Waals surface area contributed by atoms with Crippen LogP contribution in [-0.2, 0) is 11.2 Å². The molecule has 0 amide bonds. The van der Waals surface area contributed by atoms with Crippen molar-refractivity contribution in [1.29, 1.82) is 0 Å². The minimum absolute atomic E-state index is 0.0130. The van der Waals surface area contributed by atoms with Crippen molar-refractivity contribution in [2.75, 3.05) is 13.7 Å². The summed E-state index contributed by atoms with van der Waals surface area (Å²) in [5.41, 5.74) is 0.558. The minimum atomic E-state index is -3.11. The van der Waals surface area contributed by atoms with Gasteiger partial charge in [0.25, 0.3) is 5.69 Å². The van der Waals surface area contributed by atoms with Crippen LogP contribution in [0.1, 0.15) is 40.4 Å². The second-order valence-corrected chi connectivity index (χ2v) is 11.3. The van der Waals surface area contributed by atoms with E-state index in [2.05, 4.69) is 4.74 Å². The maximum absolute atomic E-state index is 13.6. The molecular formula is C32H26Cl2F2N2O9. The lowest BCUT2D eigenvalue weighted by molar-refractivity contribution is -0.605. The van der Waals surface area contributed by atoms with Gasteiger partial charge in [-0.2, -0.15) is 13.5 Å². The number of nitrogens with zero attached hydrogens (tertiary/aromatic N) is 2. The number of pyridine rings is 1. The van der Waals surface area contributed by atoms with Crippen LogP contribution < -0.4 is 23.7 Å². The van der Waals surface area contributed by atoms with E-state index in [1.54, 1.807) is 18.2 Å². The summed E-state index contributed by atoms with van der Waals surface area (Å²) in [6.45, 7) is -2.83. The van der Waals surface area contributed by atoms with Crippen LogP contribution in [0.4, 0.5) is 14.5 Å². The van der Waals surface area contributed by atoms with Gasteiger partial charge in [-0.25, -0.2) is 4.79 Å². The maximum Gasteiger partial charge on any atom is 0.387 e. The molecule has 47 heavy (non-hydrogen) atoms. The van der Waals surface area contributed by atoms with E-state index in [1.165, 1.54) is 49.6 Å². The zero-order chi connectivity index (χ0) is 33.7. The van der Waals surface area contributed by atoms with Gasteiger partial charge in [0.15, 0.2) is 35.4 Å². The van der Waals surface area contributed by atoms with Crippen LogP contribution in [0.2, 0.25) is 10.0 Å². The first-order valence-electron chi connectivity index (χ1n) is 14.1. The fraction of sp³-hybridized carbons (Fsp3) is 0.250. The highest BCUT2D eigenvalue weighted by atomic mass is 35.5. The van der Waals surface area contributed by atoms with Crippen LogP contribution in [0, 0.1) is 21.2 Å². The minimum Gasteiger partial charge on any atom is -0.619 e. The fourth-order valence-electron chi connectivity index (χ4n) is 4.51. The molecule has 1 aliphatic rings. The zero-order valence-electron chi connectivity index (χ0n) is 24.6. The van der Waals surface area contributed by atoms with Crippen LogP contribution in [0.3, 0.4) is 0 Å². The number of nitro benzene ring substituents is 1. The molecule has 0 saturated heterocycles. The molecule has 1 fully saturated rings. The lowest BCUT2D eigenvalue weighted by Gasteiger charge is -2.21. The third-order valence-corrected chi connectivity index (χ3v) is 7.75. The number of carbonyl (C=O) groups is 1. The Morgan fingerprint density at radius 2 is 1.66 bits per heavy atom. The Hall–Kier alpha value is -4.88. The Balaban J connectivity index is 1.48. The normalized spacial score (nSPS) is 13.1. The second-order valence-electron chi connectivity index (χ2n) is 10.4. The molecule has 246 valence electrons. The molecule has 0 spiro atoms. The van der Waals surface area contributed by atoms with Gasteiger partial charge in [-0.3, -0.25) is 10.1 Å². The van der Waals surface area contributed by atoms with Crippen molar-refractivity contribution in [2.45, 2.75) is 32.0 Å². The van der Waals surface area contributed by atoms with Crippen molar-refractivity contribution in [3.63, 3.8) is 0 Å². The van der Waals surface area contributed by atoms with Crippen molar-refractivity contribution in [1.82, 2.24) is 0 Å². The summed E-state index contributed by atoms with van der Waals surface area (Å²) >= 11 is 12.7. The molecule has 5 rings (SSSR count). The van der Waals surface area contributed by atoms with Gasteiger partial charge in [0.2, 0.25) is 0 Å². The monoisotopic (exact) mass is 690 g/mol. The fourth-order valence-corrected chi connectivity index (χ4v) is 5.10. The first-order valence-corrected chi connectivity index (χ1v) is 14.9. The molecule has 4 aromatic rings. The lowest BCUT2D eigenvalue weighted by Crippen LogP contribution is -2.25. The van der Waals surface area contributed by atoms with Gasteiger partial charge in [-0.1, -0.05) is 29.3 Å². The first-order chi connectivity index (χ1) is 22.5. The van der Waals surface area contributed by atoms with Crippen LogP contribution in [0.25, 0.3) is 0 Å². The molecule has 15 heteroatoms. The number of methoxy groups -OCH3 is 1. The molecule has 1 atom stereocenters. The van der Waals surface area contributed by atoms with E-state index in [4.69, 9.17) is 42.1 Å². The highest BCUT2D eigenvalue weighted by Gasteiger charge is 2.27. The van der Waals surface area contributed by atoms with E-state index in [0.717, 1.165) is 25.2 Å². The molecule has 0 bridgehead atoms. The molecule has 3 aromatic carbocycles. The Morgan fingerprint density at radius 1 is 0.979 bits per heavy atom. The summed E-state index contributed by atoms with van der Waals surface area (Å²) in [6, 6.07) is 13.8. The molecule has 11 nitrogen and oxygen atoms in total. The van der Waals surface area contributed by atoms with Gasteiger partial charge >= 0.3 is 12.6 Å². The van der Waals surface area contributed by atoms with Gasteiger partial charge in [0, 0.05) is 24.1 Å². The number of halogens is 4. The van der Waals surface area contributed by atoms with E-state index >= 15 is 0 Å². The van der Waals surface area contributed by atoms with Gasteiger partial charge < -0.3 is 28.9 Å². The Bertz CT molecular complexity index is 1750. The number of esters is 1. The van der Waals surface area contributed by atoms with Gasteiger partial charge in [-0.05, 0) is 66.8 Å². The quantitative estimate of drug-likeness (QED) is 0.0426. The van der Waals surface area contributed by atoms with Crippen LogP contribution in [0.5, 0.6) is 28.7 Å². The molecule has 0 radical (unpaired) electrons. The molecule has 1 aliphatic carbocycles. The maximum atomic E-state index is 13.6. The first kappa shape index (κ1) is 33.5. The smallest absolute Gasteiger partial charge is 0.387 e. The summed E-state index contributed by atoms with van der Waals surface area (Å²) < 4.78 is 54.1. The third-order valence-electron chi connectivity index (χ3n) is 7.10. The standard InChI is InChI=1S/C32H26Cl2F2N2O9/c1-43-26-10-4-19(12-30(26)45-22-8-6-21(7-9-22)38(41)42)28(14-23-24(33)15-37(40)16-25(23)34)46-31(39)20-5-11-27(47-32(35)36)29(13-20)44-17-18-2-3-18/h4-13,15-16,18,28,32H,2-3,14,17H2,1H3. The van der Waals surface area contributed by atoms with Crippen LogP contribution in [-0.4, -0.2) is 31.2 Å². The van der Waals surface area contributed by atoms with Crippen molar-refractivity contribution < 1.29 is 46.9 Å². The highest BCUT2D eigenvalue weighted by Crippen LogP contribution is 2.39. The number of carbonyl (C=O) groups excluding carboxylic acids is 1. The molecule has 0 aliphatic heterocycles. The van der Waals surface area contributed by atoms with Crippen molar-refractivity contribution in [3.8, 4) is 28.7 Å². The van der Waals surface area contributed by atoms with E-state index in [0.29, 0.717) is 27.5 Å². The molecule has 1 unspecified atom stereocenters. The lowest BCUT2D eigenvalue weighted by atomic mass is 10.0. The van der Waals surface area contributed by atoms with Crippen LogP contribution >= 0.6 is 23.2 Å². The molecule has 1 saturated carbocycles. The number of nitro groups is 1. The second kappa shape index (κ2) is 14.7. The summed E-state index contributed by atoms with van der Waals surface area (Å²) in [5, 5.41) is 23.0. The Kier molecular flexibility index (Phi) is 10.5. The SMILES string of the molecule is COc1ccc(C(Cc2c(Cl)c[n+]([O-])cc2Cl)OC(=O)c2ccc(OC(F)F)c(OCC3CC3)c2)cc1Oc1ccc([N+](=O)[O-])cc1. The molecular weight excluding hydrogens is 665 g/mol. The summed E-state index contributed by atoms with van der Waals surface area (Å²) in [7, 11) is 1.42. The van der Waals surface area contributed by atoms with Gasteiger partial charge in [0.1, 0.15) is 21.9 Å². The van der Waals surface area contributed by atoms with Crippen molar-refractivity contribution in [2.24, 2.45) is 5.92 Å². The number of hydrogen-bond donors (Lipinski definition) is 0. The summed E-state index contributed by atoms with van der Waals surface area (Å²) in [6.07, 6.45) is 2.92. The number of benzene rings is 3. The van der Waals surface area contributed by atoms with Crippen LogP contribution in [0.15, 0.2) is 73.1 Å². The van der Waals surface area contributed by atoms with E-state index in [1.807, 2.05) is 0 Å². The Labute approximate surface area is 276 Å². The van der Waals surface area contributed by atoms with Gasteiger partial charge in [0.05, 0.1) is 24.2 Å². The average Bonchev–Trinajstić information content (AvgIpc) is 3.86. The number of hydrogen-bond acceptors (Lipinski definition) is 9. The molecule has 1 aromatic heterocycles. The average molecular weight is 691 g/mol. The predicted molar refractivity (Wildman–Crippen MR) is 165 cm³/mol. The number of non-ortho nitro benzene ring substituents is 1. The van der Waals surface area contributed by atoms with E-state index < -0.39 is 23.6 Å². The summed E-state index contributed by atoms with van der Waals surface area (Å²) in [4.78, 5) is 24.1. The number of ether oxygens (including phenoxy) is 5. The van der Waals surface area contributed by atoms with Crippen molar-refractivity contribution in [3.05, 3.63) is 115 Å².